The zero-order chi connectivity index (χ0) is 14.8. The molecule has 1 aromatic heterocycles. The number of carbonyl (C=O) groups excluding carboxylic acids is 2. The Morgan fingerprint density at radius 2 is 2.05 bits per heavy atom. The number of carbonyl (C=O) groups is 2. The van der Waals surface area contributed by atoms with E-state index in [1.165, 1.54) is 5.56 Å². The molecule has 108 valence electrons. The molecule has 3 rings (SSSR count). The second kappa shape index (κ2) is 5.69. The van der Waals surface area contributed by atoms with Crippen molar-refractivity contribution in [1.29, 1.82) is 0 Å². The van der Waals surface area contributed by atoms with Gasteiger partial charge in [0.05, 0.1) is 11.3 Å². The first kappa shape index (κ1) is 13.8. The van der Waals surface area contributed by atoms with Crippen molar-refractivity contribution in [1.82, 2.24) is 5.32 Å². The van der Waals surface area contributed by atoms with Crippen LogP contribution in [0, 0.1) is 0 Å². The van der Waals surface area contributed by atoms with Gasteiger partial charge in [-0.05, 0) is 47.9 Å². The molecule has 1 aromatic carbocycles. The van der Waals surface area contributed by atoms with Crippen LogP contribution in [-0.2, 0) is 11.2 Å². The van der Waals surface area contributed by atoms with Crippen molar-refractivity contribution in [3.8, 4) is 0 Å². The summed E-state index contributed by atoms with van der Waals surface area (Å²) in [5, 5.41) is 6.86. The molecule has 1 atom stereocenters. The predicted molar refractivity (Wildman–Crippen MR) is 83.7 cm³/mol. The molecule has 0 aliphatic carbocycles. The third kappa shape index (κ3) is 2.69. The van der Waals surface area contributed by atoms with Gasteiger partial charge in [0.1, 0.15) is 6.04 Å². The first-order valence-electron chi connectivity index (χ1n) is 6.89. The van der Waals surface area contributed by atoms with E-state index in [1.54, 1.807) is 29.2 Å². The van der Waals surface area contributed by atoms with Gasteiger partial charge in [-0.1, -0.05) is 12.1 Å². The smallest absolute Gasteiger partial charge is 0.254 e. The molecule has 1 unspecified atom stereocenters. The van der Waals surface area contributed by atoms with E-state index in [-0.39, 0.29) is 11.8 Å². The average molecular weight is 300 g/mol. The lowest BCUT2D eigenvalue weighted by Crippen LogP contribution is -2.44. The molecule has 21 heavy (non-hydrogen) atoms. The van der Waals surface area contributed by atoms with Gasteiger partial charge >= 0.3 is 0 Å². The van der Waals surface area contributed by atoms with E-state index in [2.05, 4.69) is 16.8 Å². The fraction of sp³-hybridized carbons (Fsp3) is 0.250. The summed E-state index contributed by atoms with van der Waals surface area (Å²) in [6.45, 7) is 2.30. The number of nitrogens with one attached hydrogen (secondary N) is 1. The minimum atomic E-state index is -0.507. The second-order valence-corrected chi connectivity index (χ2v) is 5.86. The van der Waals surface area contributed by atoms with E-state index in [9.17, 15) is 9.59 Å². The Kier molecular flexibility index (Phi) is 3.75. The Morgan fingerprint density at radius 3 is 2.81 bits per heavy atom. The van der Waals surface area contributed by atoms with Gasteiger partial charge in [-0.3, -0.25) is 9.59 Å². The number of para-hydroxylation sites is 1. The molecule has 1 N–H and O–H groups in total. The summed E-state index contributed by atoms with van der Waals surface area (Å²) in [5.41, 5.74) is 2.46. The molecule has 2 heterocycles. The van der Waals surface area contributed by atoms with Gasteiger partial charge in [0.2, 0.25) is 5.91 Å². The Bertz CT molecular complexity index is 667. The molecule has 0 fully saturated rings. The minimum absolute atomic E-state index is 0.0662. The molecular formula is C16H16N2O2S. The summed E-state index contributed by atoms with van der Waals surface area (Å²) in [4.78, 5) is 26.4. The van der Waals surface area contributed by atoms with E-state index in [1.807, 2.05) is 23.6 Å². The third-order valence-corrected chi connectivity index (χ3v) is 4.36. The van der Waals surface area contributed by atoms with Crippen LogP contribution >= 0.6 is 11.3 Å². The number of thiophene rings is 1. The minimum Gasteiger partial charge on any atom is -0.340 e. The number of anilines is 1. The highest BCUT2D eigenvalue weighted by molar-refractivity contribution is 7.07. The highest BCUT2D eigenvalue weighted by atomic mass is 32.1. The van der Waals surface area contributed by atoms with Gasteiger partial charge < -0.3 is 10.2 Å². The van der Waals surface area contributed by atoms with E-state index < -0.39 is 6.04 Å². The van der Waals surface area contributed by atoms with Crippen molar-refractivity contribution in [3.63, 3.8) is 0 Å². The molecular weight excluding hydrogens is 284 g/mol. The standard InChI is InChI=1S/C16H16N2O2S/c1-11-16(20)18(8-6-12-7-9-21-10-12)14-5-3-2-4-13(14)15(19)17-11/h2-5,7,9-11H,6,8H2,1H3,(H,17,19). The highest BCUT2D eigenvalue weighted by Crippen LogP contribution is 2.24. The molecule has 0 saturated heterocycles. The monoisotopic (exact) mass is 300 g/mol. The maximum Gasteiger partial charge on any atom is 0.254 e. The molecule has 1 aliphatic rings. The summed E-state index contributed by atoms with van der Waals surface area (Å²) in [6.07, 6.45) is 0.782. The van der Waals surface area contributed by atoms with Crippen molar-refractivity contribution in [3.05, 3.63) is 52.2 Å². The number of fused-ring (bicyclic) bond motifs is 1. The van der Waals surface area contributed by atoms with Crippen molar-refractivity contribution >= 4 is 28.8 Å². The summed E-state index contributed by atoms with van der Waals surface area (Å²) in [7, 11) is 0. The Morgan fingerprint density at radius 1 is 1.24 bits per heavy atom. The first-order valence-corrected chi connectivity index (χ1v) is 7.83. The van der Waals surface area contributed by atoms with Crippen LogP contribution in [0.1, 0.15) is 22.8 Å². The number of hydrogen-bond donors (Lipinski definition) is 1. The topological polar surface area (TPSA) is 49.4 Å². The summed E-state index contributed by atoms with van der Waals surface area (Å²) >= 11 is 1.65. The molecule has 4 nitrogen and oxygen atoms in total. The molecule has 0 radical (unpaired) electrons. The lowest BCUT2D eigenvalue weighted by atomic mass is 10.1. The number of rotatable bonds is 3. The van der Waals surface area contributed by atoms with E-state index in [0.717, 1.165) is 6.42 Å². The van der Waals surface area contributed by atoms with Gasteiger partial charge in [0.15, 0.2) is 0 Å². The van der Waals surface area contributed by atoms with Gasteiger partial charge in [0.25, 0.3) is 5.91 Å². The molecule has 2 amide bonds. The van der Waals surface area contributed by atoms with Gasteiger partial charge in [0, 0.05) is 6.54 Å². The van der Waals surface area contributed by atoms with Gasteiger partial charge in [-0.2, -0.15) is 11.3 Å². The number of amides is 2. The maximum absolute atomic E-state index is 12.5. The molecule has 0 spiro atoms. The average Bonchev–Trinajstić information content (AvgIpc) is 2.98. The summed E-state index contributed by atoms with van der Waals surface area (Å²) in [6, 6.07) is 8.81. The molecule has 1 aliphatic heterocycles. The van der Waals surface area contributed by atoms with Crippen LogP contribution in [0.4, 0.5) is 5.69 Å². The number of hydrogen-bond acceptors (Lipinski definition) is 3. The van der Waals surface area contributed by atoms with Crippen molar-refractivity contribution in [2.24, 2.45) is 0 Å². The van der Waals surface area contributed by atoms with E-state index in [0.29, 0.717) is 17.8 Å². The van der Waals surface area contributed by atoms with Gasteiger partial charge in [-0.25, -0.2) is 0 Å². The van der Waals surface area contributed by atoms with Gasteiger partial charge in [-0.15, -0.1) is 0 Å². The Labute approximate surface area is 127 Å². The van der Waals surface area contributed by atoms with E-state index >= 15 is 0 Å². The van der Waals surface area contributed by atoms with Crippen molar-refractivity contribution < 1.29 is 9.59 Å². The van der Waals surface area contributed by atoms with Crippen molar-refractivity contribution in [2.45, 2.75) is 19.4 Å². The van der Waals surface area contributed by atoms with Crippen LogP contribution in [0.15, 0.2) is 41.1 Å². The molecule has 5 heteroatoms. The van der Waals surface area contributed by atoms with Crippen LogP contribution in [0.2, 0.25) is 0 Å². The largest absolute Gasteiger partial charge is 0.340 e. The predicted octanol–water partition coefficient (Wildman–Crippen LogP) is 2.46. The first-order chi connectivity index (χ1) is 10.2. The van der Waals surface area contributed by atoms with Crippen LogP contribution in [0.5, 0.6) is 0 Å². The lowest BCUT2D eigenvalue weighted by molar-refractivity contribution is -0.119. The van der Waals surface area contributed by atoms with Crippen LogP contribution in [0.25, 0.3) is 0 Å². The van der Waals surface area contributed by atoms with Crippen LogP contribution in [-0.4, -0.2) is 24.4 Å². The maximum atomic E-state index is 12.5. The fourth-order valence-electron chi connectivity index (χ4n) is 2.50. The number of nitrogens with zero attached hydrogens (tertiary/aromatic N) is 1. The number of benzene rings is 1. The highest BCUT2D eigenvalue weighted by Gasteiger charge is 2.30. The third-order valence-electron chi connectivity index (χ3n) is 3.63. The van der Waals surface area contributed by atoms with Crippen molar-refractivity contribution in [2.75, 3.05) is 11.4 Å². The molecule has 0 bridgehead atoms. The molecule has 0 saturated carbocycles. The summed E-state index contributed by atoms with van der Waals surface area (Å²) in [5.74, 6) is -0.256. The molecule has 2 aromatic rings. The SMILES string of the molecule is CC1NC(=O)c2ccccc2N(CCc2ccsc2)C1=O. The lowest BCUT2D eigenvalue weighted by Gasteiger charge is -2.23. The second-order valence-electron chi connectivity index (χ2n) is 5.08. The zero-order valence-corrected chi connectivity index (χ0v) is 12.5. The fourth-order valence-corrected chi connectivity index (χ4v) is 3.20. The Balaban J connectivity index is 1.93. The van der Waals surface area contributed by atoms with Crippen LogP contribution in [0.3, 0.4) is 0 Å². The normalized spacial score (nSPS) is 18.1. The Hall–Kier alpha value is -2.14. The van der Waals surface area contributed by atoms with E-state index in [4.69, 9.17) is 0 Å². The van der Waals surface area contributed by atoms with Crippen LogP contribution < -0.4 is 10.2 Å². The zero-order valence-electron chi connectivity index (χ0n) is 11.7. The summed E-state index contributed by atoms with van der Waals surface area (Å²) < 4.78 is 0. The quantitative estimate of drug-likeness (QED) is 0.946.